The highest BCUT2D eigenvalue weighted by atomic mass is 35.5. The van der Waals surface area contributed by atoms with E-state index in [1.165, 1.54) is 9.08 Å². The molecule has 0 saturated carbocycles. The lowest BCUT2D eigenvalue weighted by atomic mass is 10.0. The minimum Gasteiger partial charge on any atom is -0.481 e. The molecule has 1 aliphatic rings. The number of hydrogen-bond acceptors (Lipinski definition) is 8. The number of carboxylic acid groups (broad SMARTS) is 1. The summed E-state index contributed by atoms with van der Waals surface area (Å²) in [6.45, 7) is 1.71. The number of nitrogens with zero attached hydrogens (tertiary/aromatic N) is 4. The summed E-state index contributed by atoms with van der Waals surface area (Å²) in [5, 5.41) is 23.2. The van der Waals surface area contributed by atoms with E-state index in [1.54, 1.807) is 26.4 Å². The number of amides is 1. The molecule has 1 aliphatic heterocycles. The molecule has 4 N–H and O–H groups in total. The lowest BCUT2D eigenvalue weighted by molar-refractivity contribution is -0.136. The SMILES string of the molecule is COc1nc(-c2cccc(-c3cc4c(=O)n(C)c(CNCCC(=O)O)nn4c3)c2Cl)ccc1CNC[C@@H]1CCC(=O)N1. The van der Waals surface area contributed by atoms with Crippen LogP contribution in [0.2, 0.25) is 5.02 Å². The molecule has 1 saturated heterocycles. The molecule has 0 radical (unpaired) electrons. The highest BCUT2D eigenvalue weighted by Gasteiger charge is 2.21. The average Bonchev–Trinajstić information content (AvgIpc) is 3.59. The van der Waals surface area contributed by atoms with Crippen molar-refractivity contribution >= 4 is 29.0 Å². The molecule has 5 rings (SSSR count). The summed E-state index contributed by atoms with van der Waals surface area (Å²) in [6.07, 6.45) is 3.11. The van der Waals surface area contributed by atoms with Gasteiger partial charge in [-0.1, -0.05) is 35.9 Å². The smallest absolute Gasteiger partial charge is 0.304 e. The van der Waals surface area contributed by atoms with E-state index in [9.17, 15) is 14.4 Å². The normalized spacial score (nSPS) is 14.8. The van der Waals surface area contributed by atoms with Crippen LogP contribution in [0.25, 0.3) is 27.9 Å². The summed E-state index contributed by atoms with van der Waals surface area (Å²) in [5.74, 6) is 0.133. The van der Waals surface area contributed by atoms with Gasteiger partial charge in [0.15, 0.2) is 0 Å². The van der Waals surface area contributed by atoms with Crippen LogP contribution in [0.5, 0.6) is 5.88 Å². The molecule has 4 aromatic rings. The summed E-state index contributed by atoms with van der Waals surface area (Å²) >= 11 is 6.92. The molecule has 0 unspecified atom stereocenters. The molecule has 3 aromatic heterocycles. The predicted octanol–water partition coefficient (Wildman–Crippen LogP) is 2.36. The quantitative estimate of drug-likeness (QED) is 0.181. The van der Waals surface area contributed by atoms with Crippen LogP contribution in [0.15, 0.2) is 47.4 Å². The van der Waals surface area contributed by atoms with E-state index in [0.29, 0.717) is 64.1 Å². The maximum atomic E-state index is 13.1. The van der Waals surface area contributed by atoms with Gasteiger partial charge in [-0.2, -0.15) is 5.10 Å². The van der Waals surface area contributed by atoms with Crippen molar-refractivity contribution in [3.8, 4) is 28.3 Å². The summed E-state index contributed by atoms with van der Waals surface area (Å²) < 4.78 is 8.55. The fourth-order valence-corrected chi connectivity index (χ4v) is 5.30. The number of aromatic nitrogens is 4. The van der Waals surface area contributed by atoms with Crippen molar-refractivity contribution in [2.75, 3.05) is 20.2 Å². The third kappa shape index (κ3) is 6.30. The number of halogens is 1. The largest absolute Gasteiger partial charge is 0.481 e. The molecular weight excluding hydrogens is 562 g/mol. The number of carboxylic acids is 1. The Morgan fingerprint density at radius 1 is 1.19 bits per heavy atom. The molecule has 1 atom stereocenters. The van der Waals surface area contributed by atoms with Crippen molar-refractivity contribution in [2.24, 2.45) is 7.05 Å². The third-order valence-electron chi connectivity index (χ3n) is 7.24. The Kier molecular flexibility index (Phi) is 8.86. The van der Waals surface area contributed by atoms with Crippen molar-refractivity contribution < 1.29 is 19.4 Å². The Morgan fingerprint density at radius 3 is 2.74 bits per heavy atom. The van der Waals surface area contributed by atoms with E-state index in [1.807, 2.05) is 30.3 Å². The molecule has 1 aromatic carbocycles. The number of benzene rings is 1. The number of aliphatic carboxylic acids is 1. The monoisotopic (exact) mass is 593 g/mol. The third-order valence-corrected chi connectivity index (χ3v) is 7.65. The molecule has 42 heavy (non-hydrogen) atoms. The Hall–Kier alpha value is -4.26. The van der Waals surface area contributed by atoms with E-state index in [2.05, 4.69) is 21.0 Å². The van der Waals surface area contributed by atoms with Crippen LogP contribution in [-0.2, 0) is 29.7 Å². The van der Waals surface area contributed by atoms with Crippen molar-refractivity contribution in [2.45, 2.75) is 38.4 Å². The molecule has 4 heterocycles. The number of methoxy groups -OCH3 is 1. The Balaban J connectivity index is 1.37. The van der Waals surface area contributed by atoms with Gasteiger partial charge in [-0.25, -0.2) is 9.50 Å². The van der Waals surface area contributed by atoms with Crippen LogP contribution in [0.1, 0.15) is 30.7 Å². The van der Waals surface area contributed by atoms with Crippen LogP contribution in [-0.4, -0.2) is 62.4 Å². The van der Waals surface area contributed by atoms with Crippen LogP contribution in [0, 0.1) is 0 Å². The Labute approximate surface area is 246 Å². The Bertz CT molecular complexity index is 1700. The van der Waals surface area contributed by atoms with Crippen molar-refractivity contribution in [1.82, 2.24) is 35.1 Å². The fourth-order valence-electron chi connectivity index (χ4n) is 4.97. The molecule has 12 nitrogen and oxygen atoms in total. The standard InChI is InChI=1S/C29H32ClN7O5/c1-36-24(15-31-11-10-26(39)40)35-37-16-18(12-23(37)29(36)41)20-4-3-5-21(27(20)30)22-8-6-17(28(34-22)42-2)13-32-14-19-7-9-25(38)33-19/h3-6,8,12,16,19,31-32H,7,9-11,13-15H2,1-2H3,(H,33,38)(H,39,40)/t19-/m0/s1. The lowest BCUT2D eigenvalue weighted by Gasteiger charge is -2.14. The minimum atomic E-state index is -0.900. The van der Waals surface area contributed by atoms with Gasteiger partial charge in [-0.3, -0.25) is 19.0 Å². The van der Waals surface area contributed by atoms with Gasteiger partial charge in [0.2, 0.25) is 11.8 Å². The topological polar surface area (TPSA) is 152 Å². The molecule has 0 spiro atoms. The van der Waals surface area contributed by atoms with E-state index in [4.69, 9.17) is 26.4 Å². The van der Waals surface area contributed by atoms with Crippen molar-refractivity contribution in [3.63, 3.8) is 0 Å². The highest BCUT2D eigenvalue weighted by Crippen LogP contribution is 2.37. The molecule has 0 bridgehead atoms. The number of rotatable bonds is 12. The van der Waals surface area contributed by atoms with Crippen LogP contribution in [0.4, 0.5) is 0 Å². The number of hydrogen-bond donors (Lipinski definition) is 4. The first-order valence-electron chi connectivity index (χ1n) is 13.6. The molecule has 0 aliphatic carbocycles. The van der Waals surface area contributed by atoms with Gasteiger partial charge in [-0.15, -0.1) is 0 Å². The number of carbonyl (C=O) groups excluding carboxylic acids is 1. The second kappa shape index (κ2) is 12.7. The zero-order chi connectivity index (χ0) is 29.8. The minimum absolute atomic E-state index is 0.0274. The first kappa shape index (κ1) is 29.2. The zero-order valence-corrected chi connectivity index (χ0v) is 24.1. The summed E-state index contributed by atoms with van der Waals surface area (Å²) in [5.41, 5.74) is 3.81. The molecule has 13 heteroatoms. The molecule has 1 fully saturated rings. The number of pyridine rings is 1. The lowest BCUT2D eigenvalue weighted by Crippen LogP contribution is -2.35. The first-order chi connectivity index (χ1) is 20.2. The number of nitrogens with one attached hydrogen (secondary N) is 3. The first-order valence-corrected chi connectivity index (χ1v) is 14.0. The zero-order valence-electron chi connectivity index (χ0n) is 23.3. The molecular formula is C29H32ClN7O5. The summed E-state index contributed by atoms with van der Waals surface area (Å²) in [4.78, 5) is 40.0. The highest BCUT2D eigenvalue weighted by molar-refractivity contribution is 6.36. The van der Waals surface area contributed by atoms with Gasteiger partial charge in [0.25, 0.3) is 5.56 Å². The van der Waals surface area contributed by atoms with Gasteiger partial charge in [0, 0.05) is 67.6 Å². The predicted molar refractivity (Wildman–Crippen MR) is 157 cm³/mol. The van der Waals surface area contributed by atoms with E-state index < -0.39 is 5.97 Å². The average molecular weight is 594 g/mol. The maximum Gasteiger partial charge on any atom is 0.304 e. The van der Waals surface area contributed by atoms with Gasteiger partial charge < -0.3 is 25.8 Å². The second-order valence-electron chi connectivity index (χ2n) is 10.1. The van der Waals surface area contributed by atoms with Crippen LogP contribution in [0.3, 0.4) is 0 Å². The van der Waals surface area contributed by atoms with E-state index in [-0.39, 0.29) is 37.0 Å². The van der Waals surface area contributed by atoms with Gasteiger partial charge in [-0.05, 0) is 18.6 Å². The summed E-state index contributed by atoms with van der Waals surface area (Å²) in [7, 11) is 3.20. The van der Waals surface area contributed by atoms with Crippen molar-refractivity contribution in [1.29, 1.82) is 0 Å². The number of fused-ring (bicyclic) bond motifs is 1. The van der Waals surface area contributed by atoms with Crippen molar-refractivity contribution in [3.05, 3.63) is 69.4 Å². The molecule has 220 valence electrons. The fraction of sp³-hybridized carbons (Fsp3) is 0.345. The second-order valence-corrected chi connectivity index (χ2v) is 10.5. The van der Waals surface area contributed by atoms with Crippen LogP contribution >= 0.6 is 11.6 Å². The van der Waals surface area contributed by atoms with Crippen LogP contribution < -0.4 is 26.2 Å². The maximum absolute atomic E-state index is 13.1. The van der Waals surface area contributed by atoms with Gasteiger partial charge in [0.05, 0.1) is 30.8 Å². The van der Waals surface area contributed by atoms with Gasteiger partial charge in [0.1, 0.15) is 11.3 Å². The van der Waals surface area contributed by atoms with Gasteiger partial charge >= 0.3 is 5.97 Å². The molecule has 1 amide bonds. The van der Waals surface area contributed by atoms with E-state index in [0.717, 1.165) is 12.0 Å². The Morgan fingerprint density at radius 2 is 2.00 bits per heavy atom. The number of ether oxygens (including phenoxy) is 1. The number of carbonyl (C=O) groups is 2. The van der Waals surface area contributed by atoms with E-state index >= 15 is 0 Å². The summed E-state index contributed by atoms with van der Waals surface area (Å²) in [6, 6.07) is 11.3.